The normalized spacial score (nSPS) is 10.3. The summed E-state index contributed by atoms with van der Waals surface area (Å²) >= 11 is 0. The molecule has 0 aliphatic carbocycles. The van der Waals surface area contributed by atoms with E-state index in [1.807, 2.05) is 24.3 Å². The lowest BCUT2D eigenvalue weighted by molar-refractivity contribution is -0.114. The molecule has 26 heavy (non-hydrogen) atoms. The summed E-state index contributed by atoms with van der Waals surface area (Å²) in [7, 11) is 0. The van der Waals surface area contributed by atoms with Gasteiger partial charge in [0.25, 0.3) is 0 Å². The maximum Gasteiger partial charge on any atom is 0.319 e. The number of carbonyl (C=O) groups is 2. The Hall–Kier alpha value is -3.02. The summed E-state index contributed by atoms with van der Waals surface area (Å²) in [5.74, 6) is 1.13. The number of nitrogens with one attached hydrogen (secondary N) is 3. The van der Waals surface area contributed by atoms with Crippen LogP contribution in [0.3, 0.4) is 0 Å². The molecule has 0 aromatic heterocycles. The highest BCUT2D eigenvalue weighted by Crippen LogP contribution is 2.18. The van der Waals surface area contributed by atoms with Crippen LogP contribution in [0.1, 0.15) is 32.3 Å². The third-order valence-electron chi connectivity index (χ3n) is 3.67. The summed E-state index contributed by atoms with van der Waals surface area (Å²) < 4.78 is 5.61. The molecule has 0 unspecified atom stereocenters. The van der Waals surface area contributed by atoms with Crippen molar-refractivity contribution in [1.82, 2.24) is 5.32 Å². The smallest absolute Gasteiger partial charge is 0.319 e. The number of hydrogen-bond acceptors (Lipinski definition) is 3. The van der Waals surface area contributed by atoms with Crippen LogP contribution in [0.2, 0.25) is 0 Å². The number of amides is 3. The highest BCUT2D eigenvalue weighted by Gasteiger charge is 2.03. The molecule has 2 aromatic rings. The van der Waals surface area contributed by atoms with Crippen molar-refractivity contribution in [3.63, 3.8) is 0 Å². The predicted octanol–water partition coefficient (Wildman–Crippen LogP) is 3.97. The van der Waals surface area contributed by atoms with Gasteiger partial charge in [-0.05, 0) is 47.9 Å². The molecule has 0 bridgehead atoms. The lowest BCUT2D eigenvalue weighted by Crippen LogP contribution is -2.32. The number of ether oxygens (including phenoxy) is 1. The Morgan fingerprint density at radius 3 is 2.04 bits per heavy atom. The van der Waals surface area contributed by atoms with E-state index >= 15 is 0 Å². The minimum Gasteiger partial charge on any atom is -0.492 e. The van der Waals surface area contributed by atoms with E-state index in [0.29, 0.717) is 30.4 Å². The van der Waals surface area contributed by atoms with E-state index in [1.54, 1.807) is 24.3 Å². The Bertz CT molecular complexity index is 725. The van der Waals surface area contributed by atoms with Gasteiger partial charge in [0.05, 0.1) is 6.54 Å². The van der Waals surface area contributed by atoms with Crippen molar-refractivity contribution in [2.24, 2.45) is 0 Å². The van der Waals surface area contributed by atoms with Crippen LogP contribution in [0.5, 0.6) is 5.75 Å². The number of benzene rings is 2. The molecule has 0 aliphatic rings. The first-order valence-electron chi connectivity index (χ1n) is 8.59. The van der Waals surface area contributed by atoms with Crippen LogP contribution in [0.25, 0.3) is 0 Å². The van der Waals surface area contributed by atoms with Gasteiger partial charge >= 0.3 is 6.03 Å². The topological polar surface area (TPSA) is 79.5 Å². The summed E-state index contributed by atoms with van der Waals surface area (Å²) in [5.41, 5.74) is 2.58. The molecule has 0 saturated heterocycles. The van der Waals surface area contributed by atoms with Crippen molar-refractivity contribution in [2.45, 2.75) is 26.7 Å². The molecule has 3 N–H and O–H groups in total. The summed E-state index contributed by atoms with van der Waals surface area (Å²) in [6.07, 6.45) is 0. The first kappa shape index (κ1) is 19.3. The lowest BCUT2D eigenvalue weighted by Gasteiger charge is -2.11. The summed E-state index contributed by atoms with van der Waals surface area (Å²) in [6.45, 7) is 6.51. The van der Waals surface area contributed by atoms with E-state index in [-0.39, 0.29) is 11.9 Å². The van der Waals surface area contributed by atoms with Crippen molar-refractivity contribution in [3.8, 4) is 5.75 Å². The number of hydrogen-bond donors (Lipinski definition) is 3. The fourth-order valence-electron chi connectivity index (χ4n) is 2.30. The van der Waals surface area contributed by atoms with Crippen LogP contribution in [0.15, 0.2) is 48.5 Å². The van der Waals surface area contributed by atoms with E-state index < -0.39 is 0 Å². The van der Waals surface area contributed by atoms with Gasteiger partial charge in [-0.3, -0.25) is 4.79 Å². The van der Waals surface area contributed by atoms with Crippen molar-refractivity contribution < 1.29 is 14.3 Å². The molecule has 3 amide bonds. The van der Waals surface area contributed by atoms with Crippen LogP contribution in [-0.2, 0) is 4.79 Å². The Labute approximate surface area is 153 Å². The van der Waals surface area contributed by atoms with E-state index in [2.05, 4.69) is 29.8 Å². The molecule has 6 heteroatoms. The molecule has 2 rings (SSSR count). The van der Waals surface area contributed by atoms with Crippen LogP contribution in [0.4, 0.5) is 16.2 Å². The second-order valence-electron chi connectivity index (χ2n) is 6.21. The Kier molecular flexibility index (Phi) is 7.02. The predicted molar refractivity (Wildman–Crippen MR) is 104 cm³/mol. The molecule has 0 spiro atoms. The summed E-state index contributed by atoms with van der Waals surface area (Å²) in [6, 6.07) is 14.5. The zero-order valence-electron chi connectivity index (χ0n) is 15.3. The van der Waals surface area contributed by atoms with Crippen molar-refractivity contribution in [1.29, 1.82) is 0 Å². The average molecular weight is 355 g/mol. The highest BCUT2D eigenvalue weighted by atomic mass is 16.5. The van der Waals surface area contributed by atoms with E-state index in [0.717, 1.165) is 5.75 Å². The Morgan fingerprint density at radius 2 is 1.50 bits per heavy atom. The second-order valence-corrected chi connectivity index (χ2v) is 6.21. The van der Waals surface area contributed by atoms with E-state index in [1.165, 1.54) is 12.5 Å². The zero-order valence-corrected chi connectivity index (χ0v) is 15.3. The first-order valence-corrected chi connectivity index (χ1v) is 8.59. The summed E-state index contributed by atoms with van der Waals surface area (Å²) in [5, 5.41) is 8.12. The Balaban J connectivity index is 1.69. The molecular weight excluding hydrogens is 330 g/mol. The number of urea groups is 1. The first-order chi connectivity index (χ1) is 12.4. The maximum absolute atomic E-state index is 11.9. The zero-order chi connectivity index (χ0) is 18.9. The molecule has 138 valence electrons. The molecule has 0 atom stereocenters. The van der Waals surface area contributed by atoms with Crippen LogP contribution >= 0.6 is 0 Å². The van der Waals surface area contributed by atoms with Crippen molar-refractivity contribution >= 4 is 23.3 Å². The fourth-order valence-corrected chi connectivity index (χ4v) is 2.30. The minimum atomic E-state index is -0.309. The van der Waals surface area contributed by atoms with Crippen LogP contribution < -0.4 is 20.7 Å². The molecule has 0 radical (unpaired) electrons. The van der Waals surface area contributed by atoms with Gasteiger partial charge in [-0.25, -0.2) is 4.79 Å². The number of carbonyl (C=O) groups excluding carboxylic acids is 2. The molecule has 0 saturated carbocycles. The number of rotatable bonds is 7. The molecule has 0 aliphatic heterocycles. The van der Waals surface area contributed by atoms with Gasteiger partial charge < -0.3 is 20.7 Å². The SMILES string of the molecule is CC(=O)Nc1ccc(NC(=O)NCCOc2ccc(C(C)C)cc2)cc1. The largest absolute Gasteiger partial charge is 0.492 e. The molecule has 0 fully saturated rings. The fraction of sp³-hybridized carbons (Fsp3) is 0.300. The van der Waals surface area contributed by atoms with Crippen molar-refractivity contribution in [3.05, 3.63) is 54.1 Å². The lowest BCUT2D eigenvalue weighted by atomic mass is 10.0. The number of anilines is 2. The third-order valence-corrected chi connectivity index (χ3v) is 3.67. The highest BCUT2D eigenvalue weighted by molar-refractivity contribution is 5.91. The van der Waals surface area contributed by atoms with E-state index in [4.69, 9.17) is 4.74 Å². The second kappa shape index (κ2) is 9.46. The molecule has 0 heterocycles. The maximum atomic E-state index is 11.9. The molecular formula is C20H25N3O3. The van der Waals surface area contributed by atoms with Gasteiger partial charge in [-0.2, -0.15) is 0 Å². The van der Waals surface area contributed by atoms with Crippen LogP contribution in [0, 0.1) is 0 Å². The molecule has 2 aromatic carbocycles. The van der Waals surface area contributed by atoms with Gasteiger partial charge in [-0.1, -0.05) is 26.0 Å². The quantitative estimate of drug-likeness (QED) is 0.658. The van der Waals surface area contributed by atoms with Gasteiger partial charge in [0.15, 0.2) is 0 Å². The van der Waals surface area contributed by atoms with Gasteiger partial charge in [-0.15, -0.1) is 0 Å². The standard InChI is InChI=1S/C20H25N3O3/c1-14(2)16-4-10-19(11-5-16)26-13-12-21-20(25)23-18-8-6-17(7-9-18)22-15(3)24/h4-11,14H,12-13H2,1-3H3,(H,22,24)(H2,21,23,25). The Morgan fingerprint density at radius 1 is 0.923 bits per heavy atom. The van der Waals surface area contributed by atoms with E-state index in [9.17, 15) is 9.59 Å². The third kappa shape index (κ3) is 6.47. The average Bonchev–Trinajstić information content (AvgIpc) is 2.60. The van der Waals surface area contributed by atoms with Gasteiger partial charge in [0, 0.05) is 18.3 Å². The molecule has 6 nitrogen and oxygen atoms in total. The van der Waals surface area contributed by atoms with Gasteiger partial charge in [0.2, 0.25) is 5.91 Å². The monoisotopic (exact) mass is 355 g/mol. The summed E-state index contributed by atoms with van der Waals surface area (Å²) in [4.78, 5) is 22.8. The minimum absolute atomic E-state index is 0.137. The van der Waals surface area contributed by atoms with Crippen molar-refractivity contribution in [2.75, 3.05) is 23.8 Å². The van der Waals surface area contributed by atoms with Crippen LogP contribution in [-0.4, -0.2) is 25.1 Å². The van der Waals surface area contributed by atoms with Gasteiger partial charge in [0.1, 0.15) is 12.4 Å².